The highest BCUT2D eigenvalue weighted by molar-refractivity contribution is 6.30. The highest BCUT2D eigenvalue weighted by Crippen LogP contribution is 2.24. The minimum absolute atomic E-state index is 0.193. The summed E-state index contributed by atoms with van der Waals surface area (Å²) in [6.45, 7) is 4.78. The first-order valence-electron chi connectivity index (χ1n) is 9.83. The lowest BCUT2D eigenvalue weighted by Crippen LogP contribution is -2.51. The largest absolute Gasteiger partial charge is 0.326 e. The van der Waals surface area contributed by atoms with E-state index in [-0.39, 0.29) is 23.9 Å². The lowest BCUT2D eigenvalue weighted by Gasteiger charge is -2.25. The third-order valence-electron chi connectivity index (χ3n) is 5.83. The van der Waals surface area contributed by atoms with Crippen molar-refractivity contribution in [3.63, 3.8) is 0 Å². The number of halogens is 1. The van der Waals surface area contributed by atoms with Crippen molar-refractivity contribution in [1.29, 1.82) is 0 Å². The molecule has 2 saturated heterocycles. The van der Waals surface area contributed by atoms with Crippen molar-refractivity contribution < 1.29 is 9.59 Å². The van der Waals surface area contributed by atoms with Crippen LogP contribution in [0.3, 0.4) is 0 Å². The molecule has 0 aliphatic carbocycles. The van der Waals surface area contributed by atoms with Gasteiger partial charge in [-0.3, -0.25) is 19.8 Å². The SMILES string of the molecule is CCC1CCN[C@@H]1C(=O)NC(=O)[C@@H]1CCCN1Cc1cc(Cl)ccc1CN. The topological polar surface area (TPSA) is 87.5 Å². The Morgan fingerprint density at radius 1 is 1.30 bits per heavy atom. The number of carbonyl (C=O) groups is 2. The summed E-state index contributed by atoms with van der Waals surface area (Å²) in [4.78, 5) is 27.4. The molecule has 0 bridgehead atoms. The molecular weight excluding hydrogens is 364 g/mol. The van der Waals surface area contributed by atoms with Gasteiger partial charge in [-0.05, 0) is 61.5 Å². The van der Waals surface area contributed by atoms with Crippen LogP contribution in [0.4, 0.5) is 0 Å². The highest BCUT2D eigenvalue weighted by Gasteiger charge is 2.36. The molecule has 1 unspecified atom stereocenters. The van der Waals surface area contributed by atoms with Crippen LogP contribution in [0.5, 0.6) is 0 Å². The van der Waals surface area contributed by atoms with Crippen LogP contribution in [0.2, 0.25) is 5.02 Å². The van der Waals surface area contributed by atoms with Crippen molar-refractivity contribution >= 4 is 23.4 Å². The fourth-order valence-electron chi connectivity index (χ4n) is 4.26. The molecule has 27 heavy (non-hydrogen) atoms. The minimum atomic E-state index is -0.292. The van der Waals surface area contributed by atoms with E-state index >= 15 is 0 Å². The van der Waals surface area contributed by atoms with Gasteiger partial charge in [-0.2, -0.15) is 0 Å². The number of likely N-dealkylation sites (tertiary alicyclic amines) is 1. The van der Waals surface area contributed by atoms with Crippen LogP contribution < -0.4 is 16.4 Å². The summed E-state index contributed by atoms with van der Waals surface area (Å²) in [6.07, 6.45) is 3.61. The molecule has 2 aliphatic heterocycles. The molecule has 3 rings (SSSR count). The first-order valence-corrected chi connectivity index (χ1v) is 10.2. The van der Waals surface area contributed by atoms with Gasteiger partial charge in [0.15, 0.2) is 0 Å². The molecule has 4 N–H and O–H groups in total. The maximum absolute atomic E-state index is 12.8. The predicted molar refractivity (Wildman–Crippen MR) is 106 cm³/mol. The van der Waals surface area contributed by atoms with Gasteiger partial charge < -0.3 is 11.1 Å². The number of benzene rings is 1. The fourth-order valence-corrected chi connectivity index (χ4v) is 4.45. The van der Waals surface area contributed by atoms with Gasteiger partial charge in [-0.25, -0.2) is 0 Å². The zero-order valence-corrected chi connectivity index (χ0v) is 16.6. The van der Waals surface area contributed by atoms with Gasteiger partial charge in [-0.15, -0.1) is 0 Å². The lowest BCUT2D eigenvalue weighted by atomic mass is 9.97. The fraction of sp³-hybridized carbons (Fsp3) is 0.600. The maximum Gasteiger partial charge on any atom is 0.244 e. The second-order valence-corrected chi connectivity index (χ2v) is 7.92. The summed E-state index contributed by atoms with van der Waals surface area (Å²) >= 11 is 6.14. The zero-order valence-electron chi connectivity index (χ0n) is 15.8. The molecule has 1 aromatic carbocycles. The third kappa shape index (κ3) is 4.69. The van der Waals surface area contributed by atoms with E-state index in [4.69, 9.17) is 17.3 Å². The standard InChI is InChI=1S/C20H29ClN4O2/c1-2-13-7-8-23-18(13)20(27)24-19(26)17-4-3-9-25(17)12-15-10-16(21)6-5-14(15)11-22/h5-6,10,13,17-18,23H,2-4,7-9,11-12,22H2,1H3,(H,24,26,27)/t13?,17-,18-/m0/s1. The third-order valence-corrected chi connectivity index (χ3v) is 6.07. The zero-order chi connectivity index (χ0) is 19.4. The van der Waals surface area contributed by atoms with Gasteiger partial charge in [0.25, 0.3) is 0 Å². The van der Waals surface area contributed by atoms with Crippen molar-refractivity contribution in [3.05, 3.63) is 34.3 Å². The van der Waals surface area contributed by atoms with Gasteiger partial charge in [0.1, 0.15) is 0 Å². The van der Waals surface area contributed by atoms with Crippen molar-refractivity contribution in [3.8, 4) is 0 Å². The van der Waals surface area contributed by atoms with Gasteiger partial charge in [0.2, 0.25) is 11.8 Å². The van der Waals surface area contributed by atoms with E-state index in [9.17, 15) is 9.59 Å². The van der Waals surface area contributed by atoms with Crippen molar-refractivity contribution in [2.75, 3.05) is 13.1 Å². The number of hydrogen-bond acceptors (Lipinski definition) is 5. The maximum atomic E-state index is 12.8. The van der Waals surface area contributed by atoms with E-state index in [2.05, 4.69) is 22.5 Å². The van der Waals surface area contributed by atoms with E-state index < -0.39 is 0 Å². The molecule has 6 nitrogen and oxygen atoms in total. The van der Waals surface area contributed by atoms with Gasteiger partial charge in [0, 0.05) is 18.1 Å². The molecule has 1 aromatic rings. The molecule has 2 heterocycles. The minimum Gasteiger partial charge on any atom is -0.326 e. The molecule has 7 heteroatoms. The number of nitrogens with two attached hydrogens (primary N) is 1. The molecule has 0 radical (unpaired) electrons. The Labute approximate surface area is 165 Å². The first kappa shape index (κ1) is 20.3. The number of amides is 2. The summed E-state index contributed by atoms with van der Waals surface area (Å²) in [5.74, 6) is -0.0879. The second kappa shape index (κ2) is 9.15. The van der Waals surface area contributed by atoms with Crippen LogP contribution in [-0.2, 0) is 22.7 Å². The first-order chi connectivity index (χ1) is 13.0. The molecule has 2 fully saturated rings. The van der Waals surface area contributed by atoms with Crippen molar-refractivity contribution in [2.45, 2.75) is 57.8 Å². The Kier molecular flexibility index (Phi) is 6.87. The van der Waals surface area contributed by atoms with Crippen LogP contribution >= 0.6 is 11.6 Å². The number of nitrogens with zero attached hydrogens (tertiary/aromatic N) is 1. The summed E-state index contributed by atoms with van der Waals surface area (Å²) in [5, 5.41) is 6.53. The molecule has 0 saturated carbocycles. The Morgan fingerprint density at radius 3 is 2.85 bits per heavy atom. The number of imide groups is 1. The molecule has 3 atom stereocenters. The normalized spacial score (nSPS) is 25.7. The molecule has 2 amide bonds. The van der Waals surface area contributed by atoms with E-state index in [0.29, 0.717) is 24.0 Å². The smallest absolute Gasteiger partial charge is 0.244 e. The summed E-state index contributed by atoms with van der Waals surface area (Å²) < 4.78 is 0. The summed E-state index contributed by atoms with van der Waals surface area (Å²) in [7, 11) is 0. The Hall–Kier alpha value is -1.47. The Bertz CT molecular complexity index is 697. The Balaban J connectivity index is 1.64. The van der Waals surface area contributed by atoms with E-state index in [1.165, 1.54) is 0 Å². The van der Waals surface area contributed by atoms with Crippen LogP contribution in [-0.4, -0.2) is 41.9 Å². The van der Waals surface area contributed by atoms with E-state index in [1.54, 1.807) is 0 Å². The molecule has 148 valence electrons. The molecule has 2 aliphatic rings. The van der Waals surface area contributed by atoms with Crippen LogP contribution in [0, 0.1) is 5.92 Å². The van der Waals surface area contributed by atoms with Crippen LogP contribution in [0.25, 0.3) is 0 Å². The van der Waals surface area contributed by atoms with Crippen LogP contribution in [0.15, 0.2) is 18.2 Å². The van der Waals surface area contributed by atoms with Gasteiger partial charge in [0.05, 0.1) is 12.1 Å². The van der Waals surface area contributed by atoms with Crippen LogP contribution in [0.1, 0.15) is 43.7 Å². The number of carbonyl (C=O) groups excluding carboxylic acids is 2. The van der Waals surface area contributed by atoms with Gasteiger partial charge >= 0.3 is 0 Å². The Morgan fingerprint density at radius 2 is 2.11 bits per heavy atom. The number of hydrogen-bond donors (Lipinski definition) is 3. The number of nitrogens with one attached hydrogen (secondary N) is 2. The van der Waals surface area contributed by atoms with E-state index in [1.807, 2.05) is 18.2 Å². The number of rotatable bonds is 6. The van der Waals surface area contributed by atoms with Crippen molar-refractivity contribution in [1.82, 2.24) is 15.5 Å². The molecular formula is C20H29ClN4O2. The molecule has 0 spiro atoms. The highest BCUT2D eigenvalue weighted by atomic mass is 35.5. The molecule has 0 aromatic heterocycles. The average molecular weight is 393 g/mol. The van der Waals surface area contributed by atoms with Gasteiger partial charge in [-0.1, -0.05) is 31.0 Å². The second-order valence-electron chi connectivity index (χ2n) is 7.49. The monoisotopic (exact) mass is 392 g/mol. The van der Waals surface area contributed by atoms with E-state index in [0.717, 1.165) is 49.9 Å². The predicted octanol–water partition coefficient (Wildman–Crippen LogP) is 1.79. The van der Waals surface area contributed by atoms with Crippen molar-refractivity contribution in [2.24, 2.45) is 11.7 Å². The summed E-state index contributed by atoms with van der Waals surface area (Å²) in [5.41, 5.74) is 7.91. The average Bonchev–Trinajstić information content (AvgIpc) is 3.31. The lowest BCUT2D eigenvalue weighted by molar-refractivity contribution is -0.134. The summed E-state index contributed by atoms with van der Waals surface area (Å²) in [6, 6.07) is 5.13. The quantitative estimate of drug-likeness (QED) is 0.642.